The molecule has 1 aliphatic rings. The first-order chi connectivity index (χ1) is 11.2. The van der Waals surface area contributed by atoms with E-state index in [4.69, 9.17) is 0 Å². The molecule has 1 aliphatic carbocycles. The molecule has 1 amide bonds. The molecule has 2 N–H and O–H groups in total. The van der Waals surface area contributed by atoms with Crippen LogP contribution < -0.4 is 5.32 Å². The molecular formula is C19H25N3O. The standard InChI is InChI=1S/C19H25N3O/c1-2-18-21-16-9-8-15(12-17(16)22-18)13-19(23)20-11-10-14-6-4-3-5-7-14/h6,8-9,12H,2-5,7,10-11,13H2,1H3,(H,20,23)(H,21,22). The van der Waals surface area contributed by atoms with Crippen LogP contribution >= 0.6 is 0 Å². The third-order valence-corrected chi connectivity index (χ3v) is 4.45. The highest BCUT2D eigenvalue weighted by Gasteiger charge is 2.08. The van der Waals surface area contributed by atoms with Crippen molar-refractivity contribution in [3.8, 4) is 0 Å². The van der Waals surface area contributed by atoms with Gasteiger partial charge < -0.3 is 10.3 Å². The number of hydrogen-bond acceptors (Lipinski definition) is 2. The minimum Gasteiger partial charge on any atom is -0.355 e. The fourth-order valence-corrected chi connectivity index (χ4v) is 3.13. The molecule has 23 heavy (non-hydrogen) atoms. The first-order valence-corrected chi connectivity index (χ1v) is 8.66. The predicted molar refractivity (Wildman–Crippen MR) is 93.4 cm³/mol. The minimum absolute atomic E-state index is 0.0935. The molecule has 1 aromatic heterocycles. The van der Waals surface area contributed by atoms with Crippen LogP contribution in [0.15, 0.2) is 29.8 Å². The van der Waals surface area contributed by atoms with E-state index >= 15 is 0 Å². The molecule has 4 nitrogen and oxygen atoms in total. The molecule has 0 saturated heterocycles. The average Bonchev–Trinajstić information content (AvgIpc) is 2.98. The molecule has 0 saturated carbocycles. The second-order valence-corrected chi connectivity index (χ2v) is 6.27. The summed E-state index contributed by atoms with van der Waals surface area (Å²) >= 11 is 0. The normalized spacial score (nSPS) is 14.7. The van der Waals surface area contributed by atoms with Crippen LogP contribution in [0.5, 0.6) is 0 Å². The number of carbonyl (C=O) groups excluding carboxylic acids is 1. The number of fused-ring (bicyclic) bond motifs is 1. The van der Waals surface area contributed by atoms with Crippen molar-refractivity contribution in [1.82, 2.24) is 15.3 Å². The van der Waals surface area contributed by atoms with Gasteiger partial charge in [0.05, 0.1) is 17.5 Å². The molecule has 0 bridgehead atoms. The van der Waals surface area contributed by atoms with Crippen molar-refractivity contribution in [3.05, 3.63) is 41.2 Å². The lowest BCUT2D eigenvalue weighted by Gasteiger charge is -2.13. The number of carbonyl (C=O) groups is 1. The Morgan fingerprint density at radius 1 is 1.35 bits per heavy atom. The van der Waals surface area contributed by atoms with Crippen molar-refractivity contribution >= 4 is 16.9 Å². The van der Waals surface area contributed by atoms with Crippen LogP contribution in [0.1, 0.15) is 50.4 Å². The van der Waals surface area contributed by atoms with Crippen LogP contribution in [-0.4, -0.2) is 22.4 Å². The summed E-state index contributed by atoms with van der Waals surface area (Å²) < 4.78 is 0. The second-order valence-electron chi connectivity index (χ2n) is 6.27. The van der Waals surface area contributed by atoms with E-state index in [1.54, 1.807) is 0 Å². The number of imidazole rings is 1. The van der Waals surface area contributed by atoms with Crippen molar-refractivity contribution in [3.63, 3.8) is 0 Å². The molecule has 4 heteroatoms. The number of aryl methyl sites for hydroxylation is 1. The molecule has 0 fully saturated rings. The van der Waals surface area contributed by atoms with Gasteiger partial charge in [-0.05, 0) is 49.8 Å². The van der Waals surface area contributed by atoms with Crippen LogP contribution in [-0.2, 0) is 17.6 Å². The topological polar surface area (TPSA) is 57.8 Å². The largest absolute Gasteiger partial charge is 0.355 e. The maximum atomic E-state index is 12.1. The van der Waals surface area contributed by atoms with Crippen molar-refractivity contribution in [2.45, 2.75) is 51.9 Å². The van der Waals surface area contributed by atoms with Gasteiger partial charge in [-0.15, -0.1) is 0 Å². The zero-order chi connectivity index (χ0) is 16.1. The molecule has 0 aliphatic heterocycles. The van der Waals surface area contributed by atoms with Gasteiger partial charge in [-0.25, -0.2) is 4.98 Å². The van der Waals surface area contributed by atoms with Crippen LogP contribution in [0.3, 0.4) is 0 Å². The number of nitrogens with one attached hydrogen (secondary N) is 2. The quantitative estimate of drug-likeness (QED) is 0.800. The number of allylic oxidation sites excluding steroid dienone is 1. The van der Waals surface area contributed by atoms with Gasteiger partial charge in [0.2, 0.25) is 5.91 Å². The van der Waals surface area contributed by atoms with Gasteiger partial charge in [-0.3, -0.25) is 4.79 Å². The molecule has 3 rings (SSSR count). The average molecular weight is 311 g/mol. The van der Waals surface area contributed by atoms with Crippen molar-refractivity contribution < 1.29 is 4.79 Å². The predicted octanol–water partition coefficient (Wildman–Crippen LogP) is 3.67. The van der Waals surface area contributed by atoms with Gasteiger partial charge in [0.15, 0.2) is 0 Å². The molecular weight excluding hydrogens is 286 g/mol. The van der Waals surface area contributed by atoms with E-state index in [0.717, 1.165) is 41.8 Å². The van der Waals surface area contributed by atoms with Gasteiger partial charge in [0.1, 0.15) is 5.82 Å². The van der Waals surface area contributed by atoms with Crippen molar-refractivity contribution in [1.29, 1.82) is 0 Å². The van der Waals surface area contributed by atoms with Crippen LogP contribution in [0.2, 0.25) is 0 Å². The third kappa shape index (κ3) is 4.21. The van der Waals surface area contributed by atoms with E-state index in [2.05, 4.69) is 28.3 Å². The summed E-state index contributed by atoms with van der Waals surface area (Å²) in [6.07, 6.45) is 9.66. The zero-order valence-corrected chi connectivity index (χ0v) is 13.8. The van der Waals surface area contributed by atoms with Crippen LogP contribution in [0.4, 0.5) is 0 Å². The summed E-state index contributed by atoms with van der Waals surface area (Å²) in [6, 6.07) is 6.01. The summed E-state index contributed by atoms with van der Waals surface area (Å²) in [6.45, 7) is 2.82. The number of aromatic amines is 1. The van der Waals surface area contributed by atoms with E-state index < -0.39 is 0 Å². The van der Waals surface area contributed by atoms with E-state index in [1.165, 1.54) is 31.3 Å². The summed E-state index contributed by atoms with van der Waals surface area (Å²) in [5, 5.41) is 3.04. The van der Waals surface area contributed by atoms with E-state index in [9.17, 15) is 4.79 Å². The molecule has 0 atom stereocenters. The minimum atomic E-state index is 0.0935. The summed E-state index contributed by atoms with van der Waals surface area (Å²) in [4.78, 5) is 19.9. The molecule has 0 radical (unpaired) electrons. The number of aromatic nitrogens is 2. The smallest absolute Gasteiger partial charge is 0.224 e. The highest BCUT2D eigenvalue weighted by atomic mass is 16.1. The highest BCUT2D eigenvalue weighted by Crippen LogP contribution is 2.19. The Morgan fingerprint density at radius 2 is 2.26 bits per heavy atom. The van der Waals surface area contributed by atoms with Gasteiger partial charge in [0, 0.05) is 13.0 Å². The Labute approximate surface area is 137 Å². The van der Waals surface area contributed by atoms with Gasteiger partial charge in [-0.1, -0.05) is 24.6 Å². The van der Waals surface area contributed by atoms with Gasteiger partial charge in [0.25, 0.3) is 0 Å². The van der Waals surface area contributed by atoms with Crippen molar-refractivity contribution in [2.75, 3.05) is 6.54 Å². The third-order valence-electron chi connectivity index (χ3n) is 4.45. The van der Waals surface area contributed by atoms with Gasteiger partial charge >= 0.3 is 0 Å². The Morgan fingerprint density at radius 3 is 3.04 bits per heavy atom. The van der Waals surface area contributed by atoms with E-state index in [1.807, 2.05) is 18.2 Å². The number of benzene rings is 1. The maximum absolute atomic E-state index is 12.1. The lowest BCUT2D eigenvalue weighted by Crippen LogP contribution is -2.26. The highest BCUT2D eigenvalue weighted by molar-refractivity contribution is 5.81. The fourth-order valence-electron chi connectivity index (χ4n) is 3.13. The lowest BCUT2D eigenvalue weighted by atomic mass is 9.97. The van der Waals surface area contributed by atoms with Crippen LogP contribution in [0.25, 0.3) is 11.0 Å². The number of rotatable bonds is 6. The molecule has 0 unspecified atom stereocenters. The number of hydrogen-bond donors (Lipinski definition) is 2. The van der Waals surface area contributed by atoms with E-state index in [-0.39, 0.29) is 5.91 Å². The molecule has 2 aromatic rings. The SMILES string of the molecule is CCc1nc2ccc(CC(=O)NCCC3=CCCCC3)cc2[nH]1. The lowest BCUT2D eigenvalue weighted by molar-refractivity contribution is -0.120. The summed E-state index contributed by atoms with van der Waals surface area (Å²) in [5.41, 5.74) is 4.51. The molecule has 1 aromatic carbocycles. The first kappa shape index (κ1) is 15.8. The Hall–Kier alpha value is -2.10. The number of amides is 1. The molecule has 122 valence electrons. The van der Waals surface area contributed by atoms with Gasteiger partial charge in [-0.2, -0.15) is 0 Å². The number of nitrogens with zero attached hydrogens (tertiary/aromatic N) is 1. The fraction of sp³-hybridized carbons (Fsp3) is 0.474. The maximum Gasteiger partial charge on any atom is 0.224 e. The Balaban J connectivity index is 1.51. The second kappa shape index (κ2) is 7.44. The molecule has 0 spiro atoms. The molecule has 1 heterocycles. The Bertz CT molecular complexity index is 714. The van der Waals surface area contributed by atoms with Crippen LogP contribution in [0, 0.1) is 0 Å². The van der Waals surface area contributed by atoms with Crippen molar-refractivity contribution in [2.24, 2.45) is 0 Å². The number of H-pyrrole nitrogens is 1. The zero-order valence-electron chi connectivity index (χ0n) is 13.8. The monoisotopic (exact) mass is 311 g/mol. The van der Waals surface area contributed by atoms with E-state index in [0.29, 0.717) is 6.42 Å². The summed E-state index contributed by atoms with van der Waals surface area (Å²) in [7, 11) is 0. The Kier molecular flexibility index (Phi) is 5.11. The summed E-state index contributed by atoms with van der Waals surface area (Å²) in [5.74, 6) is 1.08. The first-order valence-electron chi connectivity index (χ1n) is 8.66.